The van der Waals surface area contributed by atoms with Crippen molar-refractivity contribution in [1.82, 2.24) is 4.90 Å². The first-order valence-corrected chi connectivity index (χ1v) is 11.8. The quantitative estimate of drug-likeness (QED) is 0.491. The lowest BCUT2D eigenvalue weighted by molar-refractivity contribution is -0.0331. The van der Waals surface area contributed by atoms with Crippen molar-refractivity contribution in [3.63, 3.8) is 0 Å². The minimum Gasteiger partial charge on any atom is -0.448 e. The van der Waals surface area contributed by atoms with Crippen molar-refractivity contribution in [2.24, 2.45) is 0 Å². The lowest BCUT2D eigenvalue weighted by Gasteiger charge is -2.44. The molecule has 3 aromatic carbocycles. The van der Waals surface area contributed by atoms with Crippen molar-refractivity contribution < 1.29 is 18.7 Å². The molecule has 0 aromatic heterocycles. The number of nitrogens with zero attached hydrogens (tertiary/aromatic N) is 1. The summed E-state index contributed by atoms with van der Waals surface area (Å²) < 4.78 is 25.7. The Morgan fingerprint density at radius 1 is 1.03 bits per heavy atom. The number of carbonyl (C=O) groups is 1. The fraction of sp³-hybridized carbons (Fsp3) is 0.276. The van der Waals surface area contributed by atoms with Gasteiger partial charge in [0.2, 0.25) is 0 Å². The number of amides is 1. The van der Waals surface area contributed by atoms with E-state index in [1.807, 2.05) is 48.2 Å². The highest BCUT2D eigenvalue weighted by molar-refractivity contribution is 5.79. The molecule has 1 fully saturated rings. The Labute approximate surface area is 198 Å². The molecule has 5 heteroatoms. The topological polar surface area (TPSA) is 38.8 Å². The van der Waals surface area contributed by atoms with E-state index >= 15 is 0 Å². The van der Waals surface area contributed by atoms with Crippen LogP contribution >= 0.6 is 0 Å². The van der Waals surface area contributed by atoms with Crippen molar-refractivity contribution in [2.45, 2.75) is 31.3 Å². The van der Waals surface area contributed by atoms with Crippen LogP contribution in [0.25, 0.3) is 16.7 Å². The number of benzene rings is 3. The predicted octanol–water partition coefficient (Wildman–Crippen LogP) is 5.94. The molecule has 34 heavy (non-hydrogen) atoms. The Balaban J connectivity index is 1.22. The highest BCUT2D eigenvalue weighted by atomic mass is 19.1. The van der Waals surface area contributed by atoms with Crippen LogP contribution in [0.2, 0.25) is 0 Å². The highest BCUT2D eigenvalue weighted by Crippen LogP contribution is 2.44. The third-order valence-corrected chi connectivity index (χ3v) is 7.16. The van der Waals surface area contributed by atoms with E-state index in [0.717, 1.165) is 16.7 Å². The van der Waals surface area contributed by atoms with E-state index in [1.165, 1.54) is 28.3 Å². The molecule has 4 nitrogen and oxygen atoms in total. The Kier molecular flexibility index (Phi) is 5.22. The van der Waals surface area contributed by atoms with Gasteiger partial charge in [-0.25, -0.2) is 9.18 Å². The molecule has 6 rings (SSSR count). The highest BCUT2D eigenvalue weighted by Gasteiger charge is 2.40. The molecule has 2 atom stereocenters. The first-order chi connectivity index (χ1) is 16.6. The summed E-state index contributed by atoms with van der Waals surface area (Å²) in [6.07, 6.45) is 2.33. The molecule has 2 bridgehead atoms. The molecular formula is C29H26FNO3. The van der Waals surface area contributed by atoms with E-state index in [-0.39, 0.29) is 29.9 Å². The smallest absolute Gasteiger partial charge is 0.410 e. The average molecular weight is 456 g/mol. The zero-order valence-electron chi connectivity index (χ0n) is 19.0. The molecule has 0 saturated carbocycles. The summed E-state index contributed by atoms with van der Waals surface area (Å²) in [6, 6.07) is 21.4. The Morgan fingerprint density at radius 3 is 2.41 bits per heavy atom. The number of fused-ring (bicyclic) bond motifs is 5. The predicted molar refractivity (Wildman–Crippen MR) is 129 cm³/mol. The zero-order valence-corrected chi connectivity index (χ0v) is 19.0. The number of carbonyl (C=O) groups excluding carboxylic acids is 1. The maximum atomic E-state index is 14.0. The summed E-state index contributed by atoms with van der Waals surface area (Å²) >= 11 is 0. The van der Waals surface area contributed by atoms with E-state index in [2.05, 4.69) is 24.3 Å². The van der Waals surface area contributed by atoms with Crippen LogP contribution in [0.5, 0.6) is 0 Å². The van der Waals surface area contributed by atoms with Crippen molar-refractivity contribution in [3.8, 4) is 11.1 Å². The van der Waals surface area contributed by atoms with Crippen LogP contribution in [0.4, 0.5) is 9.18 Å². The lowest BCUT2D eigenvalue weighted by atomic mass is 9.89. The van der Waals surface area contributed by atoms with Crippen LogP contribution < -0.4 is 0 Å². The first kappa shape index (κ1) is 21.1. The monoisotopic (exact) mass is 455 g/mol. The third-order valence-electron chi connectivity index (χ3n) is 7.16. The number of ether oxygens (including phenoxy) is 2. The van der Waals surface area contributed by atoms with E-state index in [9.17, 15) is 9.18 Å². The second-order valence-corrected chi connectivity index (χ2v) is 9.38. The van der Waals surface area contributed by atoms with E-state index in [0.29, 0.717) is 26.2 Å². The van der Waals surface area contributed by atoms with Crippen molar-refractivity contribution in [3.05, 3.63) is 101 Å². The fourth-order valence-corrected chi connectivity index (χ4v) is 5.68. The van der Waals surface area contributed by atoms with Gasteiger partial charge in [-0.05, 0) is 64.4 Å². The fourth-order valence-electron chi connectivity index (χ4n) is 5.68. The standard InChI is InChI=1S/C29H26FNO3/c1-18-10-19(12-21(30)11-18)20-13-22-15-33-16-23(14-20)31(22)29(32)34-17-28-26-8-4-2-6-24(26)25-7-3-5-9-27(25)28/h2-13,22-23,28H,14-17H2,1H3. The minimum absolute atomic E-state index is 0.0265. The van der Waals surface area contributed by atoms with Gasteiger partial charge in [0.15, 0.2) is 0 Å². The van der Waals surface area contributed by atoms with Gasteiger partial charge in [0.05, 0.1) is 25.3 Å². The van der Waals surface area contributed by atoms with Crippen molar-refractivity contribution >= 4 is 11.7 Å². The van der Waals surface area contributed by atoms with Gasteiger partial charge in [-0.1, -0.05) is 60.7 Å². The molecule has 3 aromatic rings. The van der Waals surface area contributed by atoms with Gasteiger partial charge in [0.1, 0.15) is 12.4 Å². The normalized spacial score (nSPS) is 21.0. The molecule has 2 aliphatic heterocycles. The Bertz CT molecular complexity index is 1230. The summed E-state index contributed by atoms with van der Waals surface area (Å²) in [5.74, 6) is -0.213. The lowest BCUT2D eigenvalue weighted by Crippen LogP contribution is -2.56. The largest absolute Gasteiger partial charge is 0.448 e. The van der Waals surface area contributed by atoms with Gasteiger partial charge >= 0.3 is 6.09 Å². The second-order valence-electron chi connectivity index (χ2n) is 9.38. The summed E-state index contributed by atoms with van der Waals surface area (Å²) in [6.45, 7) is 3.05. The SMILES string of the molecule is Cc1cc(F)cc(C2=CC3COCC(C2)N3C(=O)OCC2c3ccccc3-c3ccccc32)c1. The summed E-state index contributed by atoms with van der Waals surface area (Å²) in [4.78, 5) is 15.1. The van der Waals surface area contributed by atoms with Crippen LogP contribution in [-0.2, 0) is 9.47 Å². The van der Waals surface area contributed by atoms with E-state index < -0.39 is 0 Å². The molecule has 2 heterocycles. The minimum atomic E-state index is -0.314. The van der Waals surface area contributed by atoms with Gasteiger partial charge < -0.3 is 9.47 Å². The molecule has 2 unspecified atom stereocenters. The summed E-state index contributed by atoms with van der Waals surface area (Å²) in [7, 11) is 0. The van der Waals surface area contributed by atoms with E-state index in [1.54, 1.807) is 6.07 Å². The van der Waals surface area contributed by atoms with Crippen LogP contribution in [0.3, 0.4) is 0 Å². The molecule has 0 radical (unpaired) electrons. The van der Waals surface area contributed by atoms with Crippen LogP contribution in [0, 0.1) is 12.7 Å². The average Bonchev–Trinajstić information content (AvgIpc) is 3.15. The van der Waals surface area contributed by atoms with Crippen LogP contribution in [0.15, 0.2) is 72.8 Å². The second kappa shape index (κ2) is 8.41. The molecule has 0 N–H and O–H groups in total. The molecule has 3 aliphatic rings. The first-order valence-electron chi connectivity index (χ1n) is 11.8. The van der Waals surface area contributed by atoms with Gasteiger partial charge in [-0.3, -0.25) is 4.90 Å². The third kappa shape index (κ3) is 3.61. The number of rotatable bonds is 3. The molecule has 1 aliphatic carbocycles. The maximum absolute atomic E-state index is 14.0. The Hall–Kier alpha value is -3.44. The number of halogens is 1. The molecule has 172 valence electrons. The number of hydrogen-bond acceptors (Lipinski definition) is 3. The van der Waals surface area contributed by atoms with Crippen LogP contribution in [-0.4, -0.2) is 42.9 Å². The van der Waals surface area contributed by atoms with E-state index in [4.69, 9.17) is 9.47 Å². The number of aryl methyl sites for hydroxylation is 1. The maximum Gasteiger partial charge on any atom is 0.410 e. The molecule has 1 amide bonds. The van der Waals surface area contributed by atoms with Crippen LogP contribution in [0.1, 0.15) is 34.6 Å². The summed E-state index contributed by atoms with van der Waals surface area (Å²) in [5, 5.41) is 0. The van der Waals surface area contributed by atoms with Gasteiger partial charge in [0, 0.05) is 5.92 Å². The zero-order chi connectivity index (χ0) is 23.2. The molecule has 1 saturated heterocycles. The van der Waals surface area contributed by atoms with Crippen molar-refractivity contribution in [1.29, 1.82) is 0 Å². The molecule has 0 spiro atoms. The molecular weight excluding hydrogens is 429 g/mol. The van der Waals surface area contributed by atoms with Gasteiger partial charge in [0.25, 0.3) is 0 Å². The summed E-state index contributed by atoms with van der Waals surface area (Å²) in [5.41, 5.74) is 7.63. The Morgan fingerprint density at radius 2 is 1.74 bits per heavy atom. The van der Waals surface area contributed by atoms with Gasteiger partial charge in [-0.2, -0.15) is 0 Å². The number of hydrogen-bond donors (Lipinski definition) is 0. The number of morpholine rings is 1. The van der Waals surface area contributed by atoms with Gasteiger partial charge in [-0.15, -0.1) is 0 Å². The van der Waals surface area contributed by atoms with Crippen molar-refractivity contribution in [2.75, 3.05) is 19.8 Å².